The van der Waals surface area contributed by atoms with Gasteiger partial charge < -0.3 is 4.90 Å². The molecule has 0 radical (unpaired) electrons. The molecule has 0 aliphatic rings. The van der Waals surface area contributed by atoms with E-state index >= 15 is 0 Å². The van der Waals surface area contributed by atoms with Crippen molar-refractivity contribution < 1.29 is 13.2 Å². The lowest BCUT2D eigenvalue weighted by Crippen LogP contribution is -2.31. The van der Waals surface area contributed by atoms with Crippen molar-refractivity contribution in [3.8, 4) is 0 Å². The molecule has 0 aromatic carbocycles. The zero-order valence-corrected chi connectivity index (χ0v) is 9.23. The van der Waals surface area contributed by atoms with Gasteiger partial charge in [0.15, 0.2) is 0 Å². The van der Waals surface area contributed by atoms with Gasteiger partial charge in [0.05, 0.1) is 5.75 Å². The van der Waals surface area contributed by atoms with E-state index in [-0.39, 0.29) is 18.2 Å². The molecule has 0 aliphatic heterocycles. The van der Waals surface area contributed by atoms with Crippen LogP contribution in [0.15, 0.2) is 0 Å². The Labute approximate surface area is 79.8 Å². The molecule has 5 heteroatoms. The van der Waals surface area contributed by atoms with E-state index < -0.39 is 9.84 Å². The first-order valence-corrected chi connectivity index (χ1v) is 6.34. The number of nitrogens with zero attached hydrogens (tertiary/aromatic N) is 1. The second kappa shape index (κ2) is 5.21. The number of carbonyl (C=O) groups excluding carboxylic acids is 1. The predicted octanol–water partition coefficient (Wildman–Crippen LogP) is 0.290. The van der Waals surface area contributed by atoms with Gasteiger partial charge in [-0.1, -0.05) is 6.92 Å². The van der Waals surface area contributed by atoms with Crippen LogP contribution in [-0.4, -0.2) is 44.8 Å². The molecule has 0 N–H and O–H groups in total. The highest BCUT2D eigenvalue weighted by atomic mass is 32.2. The molecule has 78 valence electrons. The highest BCUT2D eigenvalue weighted by Crippen LogP contribution is 1.95. The van der Waals surface area contributed by atoms with E-state index in [1.807, 2.05) is 6.92 Å². The Morgan fingerprint density at radius 1 is 1.38 bits per heavy atom. The highest BCUT2D eigenvalue weighted by molar-refractivity contribution is 7.90. The Kier molecular flexibility index (Phi) is 4.98. The van der Waals surface area contributed by atoms with Crippen molar-refractivity contribution in [2.45, 2.75) is 19.8 Å². The van der Waals surface area contributed by atoms with E-state index in [0.717, 1.165) is 6.42 Å². The van der Waals surface area contributed by atoms with Crippen LogP contribution in [0.5, 0.6) is 0 Å². The Morgan fingerprint density at radius 3 is 2.31 bits per heavy atom. The van der Waals surface area contributed by atoms with Gasteiger partial charge >= 0.3 is 0 Å². The Balaban J connectivity index is 3.88. The van der Waals surface area contributed by atoms with Crippen molar-refractivity contribution >= 4 is 15.7 Å². The van der Waals surface area contributed by atoms with Crippen LogP contribution in [0.25, 0.3) is 0 Å². The molecule has 0 aromatic heterocycles. The lowest BCUT2D eigenvalue weighted by molar-refractivity contribution is -0.129. The van der Waals surface area contributed by atoms with Crippen molar-refractivity contribution in [3.63, 3.8) is 0 Å². The van der Waals surface area contributed by atoms with Crippen LogP contribution in [0.3, 0.4) is 0 Å². The molecule has 0 aliphatic carbocycles. The van der Waals surface area contributed by atoms with Crippen LogP contribution in [0.1, 0.15) is 19.8 Å². The van der Waals surface area contributed by atoms with Crippen molar-refractivity contribution in [3.05, 3.63) is 0 Å². The van der Waals surface area contributed by atoms with Gasteiger partial charge in [0.1, 0.15) is 9.84 Å². The van der Waals surface area contributed by atoms with E-state index in [0.29, 0.717) is 6.42 Å². The summed E-state index contributed by atoms with van der Waals surface area (Å²) in [7, 11) is -1.33. The molecule has 0 unspecified atom stereocenters. The fourth-order valence-corrected chi connectivity index (χ4v) is 1.44. The van der Waals surface area contributed by atoms with Crippen LogP contribution < -0.4 is 0 Å². The maximum atomic E-state index is 11.2. The third kappa shape index (κ3) is 6.57. The molecule has 4 nitrogen and oxygen atoms in total. The van der Waals surface area contributed by atoms with E-state index in [4.69, 9.17) is 0 Å². The quantitative estimate of drug-likeness (QED) is 0.651. The first kappa shape index (κ1) is 12.4. The molecule has 0 atom stereocenters. The highest BCUT2D eigenvalue weighted by Gasteiger charge is 2.09. The number of carbonyl (C=O) groups is 1. The van der Waals surface area contributed by atoms with E-state index in [1.165, 1.54) is 11.2 Å². The number of rotatable bonds is 5. The average Bonchev–Trinajstić information content (AvgIpc) is 1.99. The number of amides is 1. The zero-order valence-electron chi connectivity index (χ0n) is 8.41. The van der Waals surface area contributed by atoms with Crippen LogP contribution in [0.4, 0.5) is 0 Å². The maximum absolute atomic E-state index is 11.2. The molecule has 13 heavy (non-hydrogen) atoms. The monoisotopic (exact) mass is 207 g/mol. The first-order chi connectivity index (χ1) is 5.87. The molecule has 0 spiro atoms. The lowest BCUT2D eigenvalue weighted by Gasteiger charge is -2.15. The largest absolute Gasteiger partial charge is 0.345 e. The summed E-state index contributed by atoms with van der Waals surface area (Å²) in [6.45, 7) is 2.21. The van der Waals surface area contributed by atoms with Gasteiger partial charge in [-0.25, -0.2) is 8.42 Å². The standard InChI is InChI=1S/C8H17NO3S/c1-4-5-8(10)9(2)6-7-13(3,11)12/h4-7H2,1-3H3. The summed E-state index contributed by atoms with van der Waals surface area (Å²) in [5.41, 5.74) is 0. The molecular formula is C8H17NO3S. The summed E-state index contributed by atoms with van der Waals surface area (Å²) in [5.74, 6) is 0.0463. The molecule has 0 aromatic rings. The van der Waals surface area contributed by atoms with Gasteiger partial charge in [0.25, 0.3) is 0 Å². The van der Waals surface area contributed by atoms with Gasteiger partial charge in [-0.3, -0.25) is 4.79 Å². The van der Waals surface area contributed by atoms with Gasteiger partial charge in [-0.05, 0) is 6.42 Å². The van der Waals surface area contributed by atoms with E-state index in [9.17, 15) is 13.2 Å². The molecule has 0 saturated carbocycles. The number of hydrogen-bond donors (Lipinski definition) is 0. The maximum Gasteiger partial charge on any atom is 0.222 e. The summed E-state index contributed by atoms with van der Waals surface area (Å²) < 4.78 is 21.6. The van der Waals surface area contributed by atoms with Gasteiger partial charge in [-0.15, -0.1) is 0 Å². The molecule has 0 rings (SSSR count). The average molecular weight is 207 g/mol. The number of hydrogen-bond acceptors (Lipinski definition) is 3. The second-order valence-electron chi connectivity index (χ2n) is 3.20. The van der Waals surface area contributed by atoms with Crippen LogP contribution in [0.2, 0.25) is 0 Å². The molecule has 0 saturated heterocycles. The fourth-order valence-electron chi connectivity index (χ4n) is 0.832. The van der Waals surface area contributed by atoms with Crippen molar-refractivity contribution in [2.75, 3.05) is 25.6 Å². The topological polar surface area (TPSA) is 54.5 Å². The van der Waals surface area contributed by atoms with Crippen LogP contribution in [-0.2, 0) is 14.6 Å². The van der Waals surface area contributed by atoms with E-state index in [2.05, 4.69) is 0 Å². The minimum atomic E-state index is -2.96. The van der Waals surface area contributed by atoms with Gasteiger partial charge in [0.2, 0.25) is 5.91 Å². The van der Waals surface area contributed by atoms with Crippen molar-refractivity contribution in [2.24, 2.45) is 0 Å². The smallest absolute Gasteiger partial charge is 0.222 e. The molecule has 0 bridgehead atoms. The summed E-state index contributed by atoms with van der Waals surface area (Å²) in [6, 6.07) is 0. The van der Waals surface area contributed by atoms with Gasteiger partial charge in [0, 0.05) is 26.3 Å². The van der Waals surface area contributed by atoms with Gasteiger partial charge in [-0.2, -0.15) is 0 Å². The summed E-state index contributed by atoms with van der Waals surface area (Å²) >= 11 is 0. The minimum Gasteiger partial charge on any atom is -0.345 e. The molecular weight excluding hydrogens is 190 g/mol. The first-order valence-electron chi connectivity index (χ1n) is 4.28. The Bertz CT molecular complexity index is 259. The second-order valence-corrected chi connectivity index (χ2v) is 5.45. The predicted molar refractivity (Wildman–Crippen MR) is 52.3 cm³/mol. The Hall–Kier alpha value is -0.580. The van der Waals surface area contributed by atoms with Crippen LogP contribution >= 0.6 is 0 Å². The molecule has 0 fully saturated rings. The third-order valence-corrected chi connectivity index (χ3v) is 2.61. The van der Waals surface area contributed by atoms with E-state index in [1.54, 1.807) is 7.05 Å². The molecule has 1 amide bonds. The lowest BCUT2D eigenvalue weighted by atomic mass is 10.3. The summed E-state index contributed by atoms with van der Waals surface area (Å²) in [4.78, 5) is 12.7. The fraction of sp³-hybridized carbons (Fsp3) is 0.875. The third-order valence-electron chi connectivity index (χ3n) is 1.69. The SMILES string of the molecule is CCCC(=O)N(C)CCS(C)(=O)=O. The Morgan fingerprint density at radius 2 is 1.92 bits per heavy atom. The van der Waals surface area contributed by atoms with Crippen LogP contribution in [0, 0.1) is 0 Å². The normalized spacial score (nSPS) is 11.3. The minimum absolute atomic E-state index is 0.00569. The number of sulfone groups is 1. The summed E-state index contributed by atoms with van der Waals surface area (Å²) in [6.07, 6.45) is 2.45. The zero-order chi connectivity index (χ0) is 10.5. The summed E-state index contributed by atoms with van der Waals surface area (Å²) in [5, 5.41) is 0. The molecule has 0 heterocycles. The van der Waals surface area contributed by atoms with Crippen molar-refractivity contribution in [1.82, 2.24) is 4.90 Å². The van der Waals surface area contributed by atoms with Crippen molar-refractivity contribution in [1.29, 1.82) is 0 Å².